The topological polar surface area (TPSA) is 37.3 Å². The van der Waals surface area contributed by atoms with E-state index in [2.05, 4.69) is 6.58 Å². The van der Waals surface area contributed by atoms with E-state index in [0.717, 1.165) is 6.08 Å². The molecule has 0 aromatic rings. The van der Waals surface area contributed by atoms with E-state index in [4.69, 9.17) is 5.11 Å². The van der Waals surface area contributed by atoms with E-state index < -0.39 is 5.97 Å². The van der Waals surface area contributed by atoms with Crippen molar-refractivity contribution in [3.63, 3.8) is 0 Å². The minimum Gasteiger partial charge on any atom is -0.478 e. The summed E-state index contributed by atoms with van der Waals surface area (Å²) in [5.74, 6) is -0.981. The van der Waals surface area contributed by atoms with E-state index in [1.807, 2.05) is 0 Å². The van der Waals surface area contributed by atoms with Gasteiger partial charge in [0.2, 0.25) is 0 Å². The summed E-state index contributed by atoms with van der Waals surface area (Å²) in [5.41, 5.74) is 0. The van der Waals surface area contributed by atoms with Crippen LogP contribution in [0.25, 0.3) is 0 Å². The van der Waals surface area contributed by atoms with Gasteiger partial charge < -0.3 is 5.11 Å². The van der Waals surface area contributed by atoms with E-state index >= 15 is 0 Å². The molecule has 0 aromatic carbocycles. The number of aliphatic carboxylic acids is 1. The maximum absolute atomic E-state index is 9.25. The summed E-state index contributed by atoms with van der Waals surface area (Å²) >= 11 is 0. The third kappa shape index (κ3) is 26.2. The van der Waals surface area contributed by atoms with Crippen molar-refractivity contribution in [1.82, 2.24) is 0 Å². The number of hydrogen-bond donors (Lipinski definition) is 1. The van der Waals surface area contributed by atoms with Crippen LogP contribution in [0.3, 0.4) is 0 Å². The Labute approximate surface area is 54.1 Å². The van der Waals surface area contributed by atoms with Crippen LogP contribution in [0, 0.1) is 0 Å². The second kappa shape index (κ2) is 9.24. The standard InChI is InChI=1S/C3H4O2.BH3.Ni/c1-2-3(4)5;;/h2H,1H2,(H,4,5);1H3;. The van der Waals surface area contributed by atoms with Crippen LogP contribution in [-0.4, -0.2) is 19.5 Å². The molecule has 4 heteroatoms. The Morgan fingerprint density at radius 2 is 1.86 bits per heavy atom. The quantitative estimate of drug-likeness (QED) is 0.382. The number of carboxylic acid groups (broad SMARTS) is 1. The van der Waals surface area contributed by atoms with Crippen molar-refractivity contribution in [1.29, 1.82) is 0 Å². The molecule has 0 bridgehead atoms. The van der Waals surface area contributed by atoms with Crippen molar-refractivity contribution in [3.05, 3.63) is 12.7 Å². The summed E-state index contributed by atoms with van der Waals surface area (Å²) in [6.45, 7) is 2.96. The molecule has 0 aliphatic rings. The molecule has 0 aromatic heterocycles. The molecule has 7 heavy (non-hydrogen) atoms. The molecule has 0 saturated carbocycles. The number of rotatable bonds is 1. The van der Waals surface area contributed by atoms with E-state index in [0.29, 0.717) is 0 Å². The second-order valence-corrected chi connectivity index (χ2v) is 0.542. The first kappa shape index (κ1) is 15.9. The van der Waals surface area contributed by atoms with Crippen LogP contribution in [-0.2, 0) is 21.3 Å². The van der Waals surface area contributed by atoms with E-state index in [-0.39, 0.29) is 24.9 Å². The summed E-state index contributed by atoms with van der Waals surface area (Å²) in [6, 6.07) is 0. The predicted molar refractivity (Wildman–Crippen MR) is 27.8 cm³/mol. The molecule has 1 N–H and O–H groups in total. The first-order valence-electron chi connectivity index (χ1n) is 1.12. The molecule has 0 rings (SSSR count). The maximum Gasteiger partial charge on any atom is 0.327 e. The van der Waals surface area contributed by atoms with Gasteiger partial charge in [0.25, 0.3) is 0 Å². The van der Waals surface area contributed by atoms with Gasteiger partial charge in [-0.25, -0.2) is 4.79 Å². The molecule has 44 valence electrons. The molecule has 0 spiro atoms. The molecule has 0 atom stereocenters. The molecule has 0 amide bonds. The van der Waals surface area contributed by atoms with Gasteiger partial charge in [0.15, 0.2) is 0 Å². The molecule has 0 heterocycles. The van der Waals surface area contributed by atoms with Crippen molar-refractivity contribution in [2.75, 3.05) is 0 Å². The Hall–Kier alpha value is -0.232. The van der Waals surface area contributed by atoms with E-state index in [1.54, 1.807) is 0 Å². The zero-order chi connectivity index (χ0) is 4.28. The fourth-order valence-electron chi connectivity index (χ4n) is 0. The second-order valence-electron chi connectivity index (χ2n) is 0.542. The molecule has 0 fully saturated rings. The zero-order valence-corrected chi connectivity index (χ0v) is 3.94. The number of carboxylic acids is 1. The van der Waals surface area contributed by atoms with Crippen molar-refractivity contribution < 1.29 is 26.4 Å². The van der Waals surface area contributed by atoms with Gasteiger partial charge in [-0.3, -0.25) is 0 Å². The number of carbonyl (C=O) groups is 1. The summed E-state index contributed by atoms with van der Waals surface area (Å²) in [5, 5.41) is 7.60. The van der Waals surface area contributed by atoms with Crippen molar-refractivity contribution in [3.8, 4) is 0 Å². The first-order valence-corrected chi connectivity index (χ1v) is 1.12. The van der Waals surface area contributed by atoms with Crippen LogP contribution in [0.2, 0.25) is 0 Å². The fraction of sp³-hybridized carbons (Fsp3) is 0. The van der Waals surface area contributed by atoms with Gasteiger partial charge in [-0.05, 0) is 0 Å². The van der Waals surface area contributed by atoms with Gasteiger partial charge in [-0.15, -0.1) is 0 Å². The Balaban J connectivity index is -0.0000000800. The number of hydrogen-bond acceptors (Lipinski definition) is 1. The van der Waals surface area contributed by atoms with E-state index in [9.17, 15) is 4.79 Å². The Kier molecular flexibility index (Phi) is 20.9. The molecule has 0 aliphatic heterocycles. The summed E-state index contributed by atoms with van der Waals surface area (Å²) < 4.78 is 0. The van der Waals surface area contributed by atoms with Crippen molar-refractivity contribution >= 4 is 14.4 Å². The van der Waals surface area contributed by atoms with Crippen LogP contribution in [0.15, 0.2) is 12.7 Å². The molecular weight excluding hydrogens is 138 g/mol. The molecule has 2 nitrogen and oxygen atoms in total. The summed E-state index contributed by atoms with van der Waals surface area (Å²) in [6.07, 6.45) is 0.833. The molecular formula is C3H7BNiO2. The van der Waals surface area contributed by atoms with Crippen LogP contribution >= 0.6 is 0 Å². The normalized spacial score (nSPS) is 4.57. The van der Waals surface area contributed by atoms with Crippen molar-refractivity contribution in [2.45, 2.75) is 0 Å². The predicted octanol–water partition coefficient (Wildman–Crippen LogP) is -0.929. The van der Waals surface area contributed by atoms with Crippen LogP contribution in [0.1, 0.15) is 0 Å². The van der Waals surface area contributed by atoms with Gasteiger partial charge in [-0.1, -0.05) is 6.58 Å². The third-order valence-corrected chi connectivity index (χ3v) is 0.175. The fourth-order valence-corrected chi connectivity index (χ4v) is 0. The Bertz CT molecular complexity index is 64.0. The Morgan fingerprint density at radius 1 is 1.71 bits per heavy atom. The van der Waals surface area contributed by atoms with Gasteiger partial charge in [0.1, 0.15) is 0 Å². The zero-order valence-electron chi connectivity index (χ0n) is 2.96. The van der Waals surface area contributed by atoms with Gasteiger partial charge in [0, 0.05) is 22.6 Å². The average molecular weight is 145 g/mol. The smallest absolute Gasteiger partial charge is 0.327 e. The molecule has 0 unspecified atom stereocenters. The van der Waals surface area contributed by atoms with Crippen LogP contribution in [0.5, 0.6) is 0 Å². The van der Waals surface area contributed by atoms with E-state index in [1.165, 1.54) is 0 Å². The molecule has 0 aliphatic carbocycles. The third-order valence-electron chi connectivity index (χ3n) is 0.175. The van der Waals surface area contributed by atoms with Gasteiger partial charge in [-0.2, -0.15) is 0 Å². The van der Waals surface area contributed by atoms with Crippen LogP contribution < -0.4 is 0 Å². The minimum atomic E-state index is -0.981. The minimum absolute atomic E-state index is 0. The van der Waals surface area contributed by atoms with Gasteiger partial charge >= 0.3 is 5.97 Å². The monoisotopic (exact) mass is 144 g/mol. The van der Waals surface area contributed by atoms with Crippen molar-refractivity contribution in [2.24, 2.45) is 0 Å². The van der Waals surface area contributed by atoms with Gasteiger partial charge in [0.05, 0.1) is 8.41 Å². The SMILES string of the molecule is B.C=CC(=O)O.[Ni]. The Morgan fingerprint density at radius 3 is 1.86 bits per heavy atom. The van der Waals surface area contributed by atoms with Crippen LogP contribution in [0.4, 0.5) is 0 Å². The molecule has 0 saturated heterocycles. The average Bonchev–Trinajstić information content (AvgIpc) is 1.38. The molecule has 0 radical (unpaired) electrons. The summed E-state index contributed by atoms with van der Waals surface area (Å²) in [4.78, 5) is 9.25. The largest absolute Gasteiger partial charge is 0.478 e. The first-order chi connectivity index (χ1) is 2.27. The maximum atomic E-state index is 9.25. The summed E-state index contributed by atoms with van der Waals surface area (Å²) in [7, 11) is 0.